The Hall–Kier alpha value is -1.47. The van der Waals surface area contributed by atoms with Gasteiger partial charge in [0.1, 0.15) is 0 Å². The number of aromatic nitrogens is 1. The summed E-state index contributed by atoms with van der Waals surface area (Å²) < 4.78 is 5.37. The lowest BCUT2D eigenvalue weighted by atomic mass is 9.86. The molecular weight excluding hydrogens is 338 g/mol. The average molecular weight is 363 g/mol. The first-order chi connectivity index (χ1) is 12.0. The van der Waals surface area contributed by atoms with E-state index in [1.54, 1.807) is 11.3 Å². The lowest BCUT2D eigenvalue weighted by molar-refractivity contribution is -0.138. The Kier molecular flexibility index (Phi) is 4.54. The van der Waals surface area contributed by atoms with Crippen molar-refractivity contribution in [3.8, 4) is 0 Å². The Balaban J connectivity index is 1.38. The Labute approximate surface area is 152 Å². The second kappa shape index (κ2) is 6.68. The Morgan fingerprint density at radius 3 is 2.92 bits per heavy atom. The summed E-state index contributed by atoms with van der Waals surface area (Å²) in [5.41, 5.74) is 0.921. The second-order valence-corrected chi connectivity index (χ2v) is 8.74. The number of hydrogen-bond donors (Lipinski definition) is 0. The van der Waals surface area contributed by atoms with Gasteiger partial charge in [0.05, 0.1) is 17.2 Å². The predicted octanol–water partition coefficient (Wildman–Crippen LogP) is 1.83. The molecule has 0 aromatic carbocycles. The quantitative estimate of drug-likeness (QED) is 0.822. The third-order valence-corrected chi connectivity index (χ3v) is 6.57. The summed E-state index contributed by atoms with van der Waals surface area (Å²) >= 11 is 1.62. The second-order valence-electron chi connectivity index (χ2n) is 7.68. The van der Waals surface area contributed by atoms with Crippen molar-refractivity contribution in [3.63, 3.8) is 0 Å². The minimum Gasteiger partial charge on any atom is -0.381 e. The molecule has 0 radical (unpaired) electrons. The zero-order chi connectivity index (χ0) is 17.4. The summed E-state index contributed by atoms with van der Waals surface area (Å²) in [6.07, 6.45) is 3.15. The Bertz CT molecular complexity index is 670. The fourth-order valence-electron chi connectivity index (χ4n) is 4.40. The number of hydrogen-bond acceptors (Lipinski definition) is 5. The molecule has 0 N–H and O–H groups in total. The summed E-state index contributed by atoms with van der Waals surface area (Å²) in [6.45, 7) is 6.22. The van der Waals surface area contributed by atoms with Crippen molar-refractivity contribution in [3.05, 3.63) is 16.1 Å². The van der Waals surface area contributed by atoms with Crippen LogP contribution in [0.25, 0.3) is 0 Å². The lowest BCUT2D eigenvalue weighted by Gasteiger charge is -2.28. The molecule has 3 aliphatic rings. The number of amides is 2. The maximum atomic E-state index is 12.8. The van der Waals surface area contributed by atoms with Gasteiger partial charge < -0.3 is 14.5 Å². The van der Waals surface area contributed by atoms with Crippen molar-refractivity contribution in [2.45, 2.75) is 39.2 Å². The van der Waals surface area contributed by atoms with E-state index in [2.05, 4.69) is 4.98 Å². The van der Waals surface area contributed by atoms with Gasteiger partial charge in [-0.1, -0.05) is 0 Å². The van der Waals surface area contributed by atoms with Crippen LogP contribution in [-0.4, -0.2) is 59.4 Å². The number of ether oxygens (including phenoxy) is 1. The van der Waals surface area contributed by atoms with Gasteiger partial charge in [0.15, 0.2) is 0 Å². The van der Waals surface area contributed by atoms with Gasteiger partial charge in [-0.05, 0) is 26.2 Å². The highest BCUT2D eigenvalue weighted by Gasteiger charge is 2.49. The summed E-state index contributed by atoms with van der Waals surface area (Å²) in [7, 11) is 0. The van der Waals surface area contributed by atoms with E-state index >= 15 is 0 Å². The van der Waals surface area contributed by atoms with Gasteiger partial charge in [-0.25, -0.2) is 4.98 Å². The van der Waals surface area contributed by atoms with Gasteiger partial charge in [-0.3, -0.25) is 9.59 Å². The van der Waals surface area contributed by atoms with Crippen LogP contribution < -0.4 is 0 Å². The van der Waals surface area contributed by atoms with Crippen molar-refractivity contribution in [2.24, 2.45) is 11.3 Å². The molecule has 4 heterocycles. The normalized spacial score (nSPS) is 27.6. The standard InChI is InChI=1S/C18H25N3O3S/c1-13-19-15(10-25-13)9-21-12-18(8-16(21)22)4-5-20(11-18)17(23)14-2-6-24-7-3-14/h10,14H,2-9,11-12H2,1H3. The maximum Gasteiger partial charge on any atom is 0.225 e. The first-order valence-corrected chi connectivity index (χ1v) is 9.98. The molecule has 4 rings (SSSR count). The Morgan fingerprint density at radius 2 is 2.20 bits per heavy atom. The molecule has 3 saturated heterocycles. The van der Waals surface area contributed by atoms with E-state index in [4.69, 9.17) is 4.74 Å². The van der Waals surface area contributed by atoms with Crippen molar-refractivity contribution in [1.29, 1.82) is 0 Å². The molecule has 1 unspecified atom stereocenters. The molecule has 2 amide bonds. The molecule has 0 bridgehead atoms. The molecular formula is C18H25N3O3S. The van der Waals surface area contributed by atoms with Crippen molar-refractivity contribution >= 4 is 23.2 Å². The first kappa shape index (κ1) is 17.0. The van der Waals surface area contributed by atoms with E-state index in [-0.39, 0.29) is 23.1 Å². The van der Waals surface area contributed by atoms with E-state index in [1.165, 1.54) is 0 Å². The van der Waals surface area contributed by atoms with Crippen LogP contribution in [0.15, 0.2) is 5.38 Å². The lowest BCUT2D eigenvalue weighted by Crippen LogP contribution is -2.39. The molecule has 3 fully saturated rings. The average Bonchev–Trinajstić information content (AvgIpc) is 3.29. The van der Waals surface area contributed by atoms with Gasteiger partial charge in [0.25, 0.3) is 0 Å². The highest BCUT2D eigenvalue weighted by Crippen LogP contribution is 2.41. The molecule has 0 aliphatic carbocycles. The molecule has 1 spiro atoms. The fraction of sp³-hybridized carbons (Fsp3) is 0.722. The molecule has 136 valence electrons. The number of carbonyl (C=O) groups is 2. The summed E-state index contributed by atoms with van der Waals surface area (Å²) in [6, 6.07) is 0. The largest absolute Gasteiger partial charge is 0.381 e. The van der Waals surface area contributed by atoms with Crippen LogP contribution in [0.4, 0.5) is 0 Å². The van der Waals surface area contributed by atoms with Gasteiger partial charge in [0, 0.05) is 56.0 Å². The van der Waals surface area contributed by atoms with E-state index < -0.39 is 0 Å². The van der Waals surface area contributed by atoms with Gasteiger partial charge in [-0.2, -0.15) is 0 Å². The van der Waals surface area contributed by atoms with E-state index in [0.29, 0.717) is 26.2 Å². The summed E-state index contributed by atoms with van der Waals surface area (Å²) in [5.74, 6) is 0.572. The van der Waals surface area contributed by atoms with Crippen LogP contribution in [0, 0.1) is 18.3 Å². The summed E-state index contributed by atoms with van der Waals surface area (Å²) in [4.78, 5) is 33.7. The SMILES string of the molecule is Cc1nc(CN2CC3(CCN(C(=O)C4CCOCC4)C3)CC2=O)cs1. The van der Waals surface area contributed by atoms with E-state index in [1.807, 2.05) is 22.1 Å². The molecule has 25 heavy (non-hydrogen) atoms. The number of nitrogens with zero attached hydrogens (tertiary/aromatic N) is 3. The molecule has 1 atom stereocenters. The van der Waals surface area contributed by atoms with Gasteiger partial charge in [-0.15, -0.1) is 11.3 Å². The highest BCUT2D eigenvalue weighted by atomic mass is 32.1. The molecule has 0 saturated carbocycles. The third kappa shape index (κ3) is 3.44. The van der Waals surface area contributed by atoms with Crippen LogP contribution in [0.3, 0.4) is 0 Å². The zero-order valence-electron chi connectivity index (χ0n) is 14.7. The number of aryl methyl sites for hydroxylation is 1. The van der Waals surface area contributed by atoms with Crippen LogP contribution in [0.5, 0.6) is 0 Å². The smallest absolute Gasteiger partial charge is 0.225 e. The molecule has 3 aliphatic heterocycles. The monoisotopic (exact) mass is 363 g/mol. The molecule has 1 aromatic rings. The van der Waals surface area contributed by atoms with Crippen molar-refractivity contribution < 1.29 is 14.3 Å². The number of likely N-dealkylation sites (tertiary alicyclic amines) is 2. The number of rotatable bonds is 3. The Morgan fingerprint density at radius 1 is 1.40 bits per heavy atom. The highest BCUT2D eigenvalue weighted by molar-refractivity contribution is 7.09. The van der Waals surface area contributed by atoms with Crippen LogP contribution in [0.1, 0.15) is 36.4 Å². The number of carbonyl (C=O) groups excluding carboxylic acids is 2. The minimum absolute atomic E-state index is 0.0526. The summed E-state index contributed by atoms with van der Waals surface area (Å²) in [5, 5.41) is 3.06. The first-order valence-electron chi connectivity index (χ1n) is 9.10. The van der Waals surface area contributed by atoms with E-state index in [9.17, 15) is 9.59 Å². The predicted molar refractivity (Wildman–Crippen MR) is 94.1 cm³/mol. The van der Waals surface area contributed by atoms with Crippen LogP contribution in [-0.2, 0) is 20.9 Å². The fourth-order valence-corrected chi connectivity index (χ4v) is 5.01. The van der Waals surface area contributed by atoms with Crippen LogP contribution >= 0.6 is 11.3 Å². The zero-order valence-corrected chi connectivity index (χ0v) is 15.5. The molecule has 6 nitrogen and oxygen atoms in total. The number of thiazole rings is 1. The third-order valence-electron chi connectivity index (χ3n) is 5.75. The van der Waals surface area contributed by atoms with Crippen molar-refractivity contribution in [1.82, 2.24) is 14.8 Å². The van der Waals surface area contributed by atoms with E-state index in [0.717, 1.165) is 49.6 Å². The topological polar surface area (TPSA) is 62.7 Å². The minimum atomic E-state index is -0.0526. The maximum absolute atomic E-state index is 12.8. The van der Waals surface area contributed by atoms with Crippen LogP contribution in [0.2, 0.25) is 0 Å². The molecule has 7 heteroatoms. The van der Waals surface area contributed by atoms with Gasteiger partial charge in [0.2, 0.25) is 11.8 Å². The van der Waals surface area contributed by atoms with Gasteiger partial charge >= 0.3 is 0 Å². The van der Waals surface area contributed by atoms with Crippen molar-refractivity contribution in [2.75, 3.05) is 32.8 Å². The molecule has 1 aromatic heterocycles.